The third-order valence-corrected chi connectivity index (χ3v) is 5.67. The maximum atomic E-state index is 11.6. The molecule has 4 rings (SSSR count). The fraction of sp³-hybridized carbons (Fsp3) is 0.667. The van der Waals surface area contributed by atoms with Crippen molar-refractivity contribution in [3.8, 4) is 0 Å². The lowest BCUT2D eigenvalue weighted by atomic mass is 9.84. The third-order valence-electron chi connectivity index (χ3n) is 5.13. The van der Waals surface area contributed by atoms with Gasteiger partial charge in [0.05, 0.1) is 26.1 Å². The van der Waals surface area contributed by atoms with E-state index in [1.165, 1.54) is 0 Å². The van der Waals surface area contributed by atoms with Gasteiger partial charge < -0.3 is 23.7 Å². The van der Waals surface area contributed by atoms with Crippen LogP contribution in [0.1, 0.15) is 19.4 Å². The molecule has 1 aromatic rings. The summed E-state index contributed by atoms with van der Waals surface area (Å²) >= 11 is 0. The Morgan fingerprint density at radius 3 is 2.56 bits per heavy atom. The highest BCUT2D eigenvalue weighted by Crippen LogP contribution is 2.53. The Balaban J connectivity index is 1.65. The Labute approximate surface area is 158 Å². The Kier molecular flexibility index (Phi) is 4.62. The molecule has 3 aliphatic rings. The molecular formula is C18H24O8S. The topological polar surface area (TPSA) is 89.5 Å². The van der Waals surface area contributed by atoms with Crippen molar-refractivity contribution in [1.29, 1.82) is 0 Å². The number of benzene rings is 1. The first kappa shape index (κ1) is 19.3. The number of hydrogen-bond donors (Lipinski definition) is 0. The second-order valence-corrected chi connectivity index (χ2v) is 9.30. The largest absolute Gasteiger partial charge is 0.375 e. The van der Waals surface area contributed by atoms with E-state index in [1.807, 2.05) is 30.3 Å². The van der Waals surface area contributed by atoms with Crippen LogP contribution >= 0.6 is 0 Å². The third kappa shape index (κ3) is 3.42. The second kappa shape index (κ2) is 6.48. The van der Waals surface area contributed by atoms with Crippen molar-refractivity contribution in [3.63, 3.8) is 0 Å². The van der Waals surface area contributed by atoms with E-state index in [1.54, 1.807) is 13.8 Å². The maximum absolute atomic E-state index is 11.6. The molecule has 8 nitrogen and oxygen atoms in total. The summed E-state index contributed by atoms with van der Waals surface area (Å²) in [5.74, 6) is -0.842. The molecule has 150 valence electrons. The monoisotopic (exact) mass is 400 g/mol. The molecule has 27 heavy (non-hydrogen) atoms. The average Bonchev–Trinajstić information content (AvgIpc) is 3.16. The zero-order valence-electron chi connectivity index (χ0n) is 15.5. The molecule has 4 atom stereocenters. The van der Waals surface area contributed by atoms with E-state index in [-0.39, 0.29) is 19.8 Å². The molecule has 0 aliphatic carbocycles. The van der Waals surface area contributed by atoms with Gasteiger partial charge in [0.15, 0.2) is 23.3 Å². The Morgan fingerprint density at radius 2 is 1.85 bits per heavy atom. The van der Waals surface area contributed by atoms with Crippen molar-refractivity contribution in [2.24, 2.45) is 0 Å². The molecule has 1 aromatic carbocycles. The molecule has 0 bridgehead atoms. The highest BCUT2D eigenvalue weighted by atomic mass is 32.2. The summed E-state index contributed by atoms with van der Waals surface area (Å²) in [7, 11) is -3.67. The van der Waals surface area contributed by atoms with Crippen LogP contribution in [0.3, 0.4) is 0 Å². The van der Waals surface area contributed by atoms with Crippen LogP contribution < -0.4 is 0 Å². The van der Waals surface area contributed by atoms with Gasteiger partial charge in [0.25, 0.3) is 10.1 Å². The van der Waals surface area contributed by atoms with Gasteiger partial charge >= 0.3 is 0 Å². The highest BCUT2D eigenvalue weighted by molar-refractivity contribution is 7.85. The highest BCUT2D eigenvalue weighted by Gasteiger charge is 2.75. The van der Waals surface area contributed by atoms with Gasteiger partial charge in [-0.1, -0.05) is 30.3 Å². The fourth-order valence-corrected chi connectivity index (χ4v) is 4.30. The van der Waals surface area contributed by atoms with Gasteiger partial charge in [-0.25, -0.2) is 0 Å². The summed E-state index contributed by atoms with van der Waals surface area (Å²) < 4.78 is 58.4. The van der Waals surface area contributed by atoms with Gasteiger partial charge in [0, 0.05) is 0 Å². The van der Waals surface area contributed by atoms with Gasteiger partial charge in [-0.2, -0.15) is 8.42 Å². The predicted molar refractivity (Wildman–Crippen MR) is 93.2 cm³/mol. The summed E-state index contributed by atoms with van der Waals surface area (Å²) in [6.45, 7) is 3.96. The second-order valence-electron chi connectivity index (χ2n) is 7.66. The van der Waals surface area contributed by atoms with Crippen LogP contribution in [0.2, 0.25) is 0 Å². The summed E-state index contributed by atoms with van der Waals surface area (Å²) in [6.07, 6.45) is -0.262. The van der Waals surface area contributed by atoms with Crippen LogP contribution in [0.4, 0.5) is 0 Å². The van der Waals surface area contributed by atoms with Crippen molar-refractivity contribution < 1.29 is 36.3 Å². The van der Waals surface area contributed by atoms with Crippen LogP contribution in [0.15, 0.2) is 30.3 Å². The minimum Gasteiger partial charge on any atom is -0.375 e. The fourth-order valence-electron chi connectivity index (χ4n) is 3.89. The van der Waals surface area contributed by atoms with Crippen molar-refractivity contribution in [3.05, 3.63) is 35.9 Å². The minimum absolute atomic E-state index is 0.122. The van der Waals surface area contributed by atoms with Crippen LogP contribution in [0.25, 0.3) is 0 Å². The Morgan fingerprint density at radius 1 is 1.11 bits per heavy atom. The molecule has 0 unspecified atom stereocenters. The normalized spacial score (nSPS) is 37.3. The lowest BCUT2D eigenvalue weighted by molar-refractivity contribution is -0.261. The molecule has 0 radical (unpaired) electrons. The molecule has 3 saturated heterocycles. The van der Waals surface area contributed by atoms with Crippen LogP contribution in [-0.2, 0) is 44.6 Å². The van der Waals surface area contributed by atoms with Gasteiger partial charge in [-0.3, -0.25) is 4.18 Å². The molecule has 0 amide bonds. The number of ether oxygens (including phenoxy) is 5. The molecule has 9 heteroatoms. The molecule has 0 spiro atoms. The Bertz CT molecular complexity index is 795. The lowest BCUT2D eigenvalue weighted by Crippen LogP contribution is -2.60. The first-order valence-corrected chi connectivity index (χ1v) is 10.6. The van der Waals surface area contributed by atoms with Crippen molar-refractivity contribution in [2.45, 2.75) is 49.8 Å². The summed E-state index contributed by atoms with van der Waals surface area (Å²) in [5.41, 5.74) is -1.22. The number of hydrogen-bond acceptors (Lipinski definition) is 8. The van der Waals surface area contributed by atoms with Crippen molar-refractivity contribution in [1.82, 2.24) is 0 Å². The first-order chi connectivity index (χ1) is 12.6. The van der Waals surface area contributed by atoms with E-state index in [2.05, 4.69) is 0 Å². The summed E-state index contributed by atoms with van der Waals surface area (Å²) in [6, 6.07) is 9.67. The van der Waals surface area contributed by atoms with Crippen LogP contribution in [0, 0.1) is 0 Å². The standard InChI is InChI=1S/C18H24O8S/c1-16(2)24-14-15(25-16)26-17(11-23-27(3,19)20)10-21-12-18(14,17)22-9-13-7-5-4-6-8-13/h4-8,14-15H,9-12H2,1-3H3/t14-,15-,17-,18-/m0/s1. The van der Waals surface area contributed by atoms with E-state index in [0.717, 1.165) is 11.8 Å². The van der Waals surface area contributed by atoms with Crippen LogP contribution in [-0.4, -0.2) is 63.9 Å². The van der Waals surface area contributed by atoms with Gasteiger partial charge in [-0.05, 0) is 19.4 Å². The molecule has 0 saturated carbocycles. The number of rotatable bonds is 6. The minimum atomic E-state index is -3.67. The zero-order valence-corrected chi connectivity index (χ0v) is 16.4. The summed E-state index contributed by atoms with van der Waals surface area (Å²) in [5, 5.41) is 0. The van der Waals surface area contributed by atoms with E-state index in [0.29, 0.717) is 6.61 Å². The van der Waals surface area contributed by atoms with Gasteiger partial charge in [0.1, 0.15) is 12.7 Å². The predicted octanol–water partition coefficient (Wildman–Crippen LogP) is 1.20. The Hall–Kier alpha value is -1.07. The van der Waals surface area contributed by atoms with E-state index >= 15 is 0 Å². The zero-order chi connectivity index (χ0) is 19.3. The number of fused-ring (bicyclic) bond motifs is 3. The smallest absolute Gasteiger partial charge is 0.264 e. The molecule has 0 N–H and O–H groups in total. The van der Waals surface area contributed by atoms with E-state index < -0.39 is 39.5 Å². The summed E-state index contributed by atoms with van der Waals surface area (Å²) in [4.78, 5) is 0. The van der Waals surface area contributed by atoms with Gasteiger partial charge in [0.2, 0.25) is 0 Å². The average molecular weight is 400 g/mol. The molecule has 3 fully saturated rings. The van der Waals surface area contributed by atoms with Crippen molar-refractivity contribution in [2.75, 3.05) is 26.1 Å². The van der Waals surface area contributed by atoms with Gasteiger partial charge in [-0.15, -0.1) is 0 Å². The van der Waals surface area contributed by atoms with Crippen LogP contribution in [0.5, 0.6) is 0 Å². The lowest BCUT2D eigenvalue weighted by Gasteiger charge is -2.39. The quantitative estimate of drug-likeness (QED) is 0.658. The first-order valence-electron chi connectivity index (χ1n) is 8.78. The van der Waals surface area contributed by atoms with E-state index in [9.17, 15) is 8.42 Å². The molecule has 3 aliphatic heterocycles. The molecule has 0 aromatic heterocycles. The molecule has 3 heterocycles. The van der Waals surface area contributed by atoms with Crippen molar-refractivity contribution >= 4 is 10.1 Å². The van der Waals surface area contributed by atoms with E-state index in [4.69, 9.17) is 27.9 Å². The molecular weight excluding hydrogens is 376 g/mol. The SMILES string of the molecule is CC1(C)O[C@H]2O[C@]3(COS(C)(=O)=O)COC[C@]3(OCc3ccccc3)[C@H]2O1. The maximum Gasteiger partial charge on any atom is 0.264 e.